The molecule has 0 spiro atoms. The zero-order chi connectivity index (χ0) is 29.0. The summed E-state index contributed by atoms with van der Waals surface area (Å²) in [5.74, 6) is -0.920. The van der Waals surface area contributed by atoms with Gasteiger partial charge in [-0.25, -0.2) is 14.4 Å². The third-order valence-corrected chi connectivity index (χ3v) is 5.20. The van der Waals surface area contributed by atoms with E-state index in [1.54, 1.807) is 19.1 Å². The van der Waals surface area contributed by atoms with E-state index in [-0.39, 0.29) is 52.9 Å². The number of methoxy groups -OCH3 is 1. The van der Waals surface area contributed by atoms with Crippen LogP contribution in [0.1, 0.15) is 31.6 Å². The predicted octanol–water partition coefficient (Wildman–Crippen LogP) is 4.04. The van der Waals surface area contributed by atoms with Gasteiger partial charge < -0.3 is 30.3 Å². The van der Waals surface area contributed by atoms with Gasteiger partial charge in [-0.05, 0) is 36.8 Å². The number of nitrogens with two attached hydrogens (primary N) is 1. The number of rotatable bonds is 9. The molecule has 4 aromatic rings. The standard InChI is InChI=1S/C24H23ClFN7O4/c1-12-9-37-24(29-12)14-6-13(10-36-11-18-15(26)4-5-20(27)31-18)7-17(22(14)35-3)30-16-8-19(25)32-33-21(16)23(34)28-2/h4-9H,10-11H2,1-3H3,(H2,27,31)(H,28,34)(H,30,32)/i2D3. The van der Waals surface area contributed by atoms with Crippen molar-refractivity contribution < 1.29 is 27.2 Å². The van der Waals surface area contributed by atoms with Crippen LogP contribution in [0.25, 0.3) is 11.5 Å². The van der Waals surface area contributed by atoms with E-state index in [1.165, 1.54) is 31.6 Å². The lowest BCUT2D eigenvalue weighted by molar-refractivity contribution is 0.0958. The van der Waals surface area contributed by atoms with Gasteiger partial charge in [-0.3, -0.25) is 4.79 Å². The van der Waals surface area contributed by atoms with Crippen LogP contribution in [0.3, 0.4) is 0 Å². The second-order valence-corrected chi connectivity index (χ2v) is 8.07. The number of carbonyl (C=O) groups is 1. The number of amides is 1. The van der Waals surface area contributed by atoms with Gasteiger partial charge in [0.2, 0.25) is 5.89 Å². The van der Waals surface area contributed by atoms with E-state index >= 15 is 0 Å². The average molecular weight is 531 g/mol. The molecule has 0 atom stereocenters. The molecular formula is C24H23ClFN7O4. The Morgan fingerprint density at radius 3 is 2.78 bits per heavy atom. The maximum atomic E-state index is 14.1. The third-order valence-electron chi connectivity index (χ3n) is 5.01. The molecule has 11 nitrogen and oxygen atoms in total. The number of nitrogens with zero attached hydrogens (tertiary/aromatic N) is 4. The summed E-state index contributed by atoms with van der Waals surface area (Å²) in [7, 11) is 1.42. The first kappa shape index (κ1) is 21.9. The van der Waals surface area contributed by atoms with Gasteiger partial charge >= 0.3 is 0 Å². The second-order valence-electron chi connectivity index (χ2n) is 7.68. The van der Waals surface area contributed by atoms with Crippen LogP contribution < -0.4 is 21.1 Å². The number of anilines is 3. The predicted molar refractivity (Wildman–Crippen MR) is 134 cm³/mol. The molecule has 3 heterocycles. The Hall–Kier alpha value is -4.29. The molecular weight excluding hydrogens is 505 g/mol. The fourth-order valence-corrected chi connectivity index (χ4v) is 3.57. The lowest BCUT2D eigenvalue weighted by Gasteiger charge is -2.17. The number of halogens is 2. The maximum absolute atomic E-state index is 14.1. The van der Waals surface area contributed by atoms with Gasteiger partial charge in [0.25, 0.3) is 5.91 Å². The molecule has 4 rings (SSSR count). The van der Waals surface area contributed by atoms with Gasteiger partial charge in [0.05, 0.1) is 43.0 Å². The number of carbonyl (C=O) groups excluding carboxylic acids is 1. The Balaban J connectivity index is 1.72. The SMILES string of the molecule is [2H]C([2H])([2H])NC(=O)c1nnc(Cl)cc1Nc1cc(COCc2nc(N)ccc2F)cc(-c2nc(C)co2)c1OC. The molecule has 1 aromatic carbocycles. The Bertz CT molecular complexity index is 1550. The molecule has 37 heavy (non-hydrogen) atoms. The monoisotopic (exact) mass is 530 g/mol. The van der Waals surface area contributed by atoms with E-state index in [9.17, 15) is 9.18 Å². The van der Waals surface area contributed by atoms with Crippen molar-refractivity contribution in [3.05, 3.63) is 70.2 Å². The molecule has 0 unspecified atom stereocenters. The van der Waals surface area contributed by atoms with Gasteiger partial charge in [0, 0.05) is 17.2 Å². The molecule has 0 saturated heterocycles. The number of aromatic nitrogens is 4. The number of hydrogen-bond acceptors (Lipinski definition) is 10. The highest BCUT2D eigenvalue weighted by Crippen LogP contribution is 2.39. The van der Waals surface area contributed by atoms with Crippen molar-refractivity contribution >= 4 is 34.7 Å². The topological polar surface area (TPSA) is 150 Å². The Labute approximate surface area is 220 Å². The molecule has 3 aromatic heterocycles. The summed E-state index contributed by atoms with van der Waals surface area (Å²) >= 11 is 6.03. The first-order valence-corrected chi connectivity index (χ1v) is 11.1. The number of hydrogen-bond donors (Lipinski definition) is 3. The maximum Gasteiger partial charge on any atom is 0.273 e. The molecule has 0 saturated carbocycles. The van der Waals surface area contributed by atoms with Crippen molar-refractivity contribution in [3.63, 3.8) is 0 Å². The molecule has 0 fully saturated rings. The van der Waals surface area contributed by atoms with E-state index < -0.39 is 18.7 Å². The molecule has 0 aliphatic heterocycles. The summed E-state index contributed by atoms with van der Waals surface area (Å²) in [4.78, 5) is 21.0. The number of benzene rings is 1. The molecule has 0 aliphatic carbocycles. The van der Waals surface area contributed by atoms with Crippen LogP contribution in [0.5, 0.6) is 5.75 Å². The Morgan fingerprint density at radius 2 is 2.05 bits per heavy atom. The number of pyridine rings is 1. The lowest BCUT2D eigenvalue weighted by atomic mass is 10.1. The quantitative estimate of drug-likeness (QED) is 0.289. The number of ether oxygens (including phenoxy) is 2. The van der Waals surface area contributed by atoms with E-state index in [0.29, 0.717) is 22.5 Å². The van der Waals surface area contributed by atoms with Crippen molar-refractivity contribution in [2.75, 3.05) is 25.1 Å². The van der Waals surface area contributed by atoms with E-state index in [0.717, 1.165) is 0 Å². The minimum absolute atomic E-state index is 0.0109. The zero-order valence-electron chi connectivity index (χ0n) is 22.6. The van der Waals surface area contributed by atoms with Gasteiger partial charge in [-0.1, -0.05) is 11.6 Å². The molecule has 0 bridgehead atoms. The first-order chi connectivity index (χ1) is 18.9. The summed E-state index contributed by atoms with van der Waals surface area (Å²) in [6.07, 6.45) is 1.46. The second kappa shape index (κ2) is 11.2. The van der Waals surface area contributed by atoms with Gasteiger partial charge in [-0.15, -0.1) is 10.2 Å². The highest BCUT2D eigenvalue weighted by molar-refractivity contribution is 6.29. The van der Waals surface area contributed by atoms with Gasteiger partial charge in [0.15, 0.2) is 16.6 Å². The molecule has 192 valence electrons. The van der Waals surface area contributed by atoms with Crippen LogP contribution in [0.2, 0.25) is 5.15 Å². The van der Waals surface area contributed by atoms with Crippen molar-refractivity contribution in [2.45, 2.75) is 20.1 Å². The summed E-state index contributed by atoms with van der Waals surface area (Å²) in [5.41, 5.74) is 7.31. The van der Waals surface area contributed by atoms with Gasteiger partial charge in [0.1, 0.15) is 23.6 Å². The molecule has 0 radical (unpaired) electrons. The first-order valence-electron chi connectivity index (χ1n) is 12.2. The number of oxazole rings is 1. The highest BCUT2D eigenvalue weighted by Gasteiger charge is 2.21. The van der Waals surface area contributed by atoms with E-state index in [2.05, 4.69) is 25.5 Å². The normalized spacial score (nSPS) is 12.4. The van der Waals surface area contributed by atoms with Crippen molar-refractivity contribution in [1.29, 1.82) is 0 Å². The Kier molecular flexibility index (Phi) is 6.63. The van der Waals surface area contributed by atoms with Crippen molar-refractivity contribution in [2.24, 2.45) is 0 Å². The lowest BCUT2D eigenvalue weighted by Crippen LogP contribution is -2.21. The molecule has 0 aliphatic rings. The fraction of sp³-hybridized carbons (Fsp3) is 0.208. The Morgan fingerprint density at radius 1 is 1.22 bits per heavy atom. The summed E-state index contributed by atoms with van der Waals surface area (Å²) in [5, 5.41) is 12.2. The highest BCUT2D eigenvalue weighted by atomic mass is 35.5. The smallest absolute Gasteiger partial charge is 0.273 e. The number of aryl methyl sites for hydroxylation is 1. The van der Waals surface area contributed by atoms with Crippen LogP contribution >= 0.6 is 11.6 Å². The minimum Gasteiger partial charge on any atom is -0.494 e. The van der Waals surface area contributed by atoms with Gasteiger partial charge in [-0.2, -0.15) is 0 Å². The fourth-order valence-electron chi connectivity index (χ4n) is 3.42. The number of nitrogen functional groups attached to an aromatic ring is 1. The molecule has 4 N–H and O–H groups in total. The summed E-state index contributed by atoms with van der Waals surface area (Å²) in [6.45, 7) is -1.19. The van der Waals surface area contributed by atoms with E-state index in [1.807, 2.05) is 5.32 Å². The van der Waals surface area contributed by atoms with Crippen molar-refractivity contribution in [1.82, 2.24) is 25.5 Å². The zero-order valence-corrected chi connectivity index (χ0v) is 20.4. The van der Waals surface area contributed by atoms with Crippen LogP contribution in [0.4, 0.5) is 21.6 Å². The van der Waals surface area contributed by atoms with E-state index in [4.69, 9.17) is 35.3 Å². The number of nitrogens with one attached hydrogen (secondary N) is 2. The van der Waals surface area contributed by atoms with Crippen molar-refractivity contribution in [3.8, 4) is 17.2 Å². The van der Waals surface area contributed by atoms with Crippen LogP contribution in [0, 0.1) is 12.7 Å². The van der Waals surface area contributed by atoms with Crippen LogP contribution in [0.15, 0.2) is 41.0 Å². The average Bonchev–Trinajstić information content (AvgIpc) is 3.31. The third kappa shape index (κ3) is 5.93. The minimum atomic E-state index is -2.77. The molecule has 13 heteroatoms. The summed E-state index contributed by atoms with van der Waals surface area (Å²) in [6, 6.07) is 7.19. The summed E-state index contributed by atoms with van der Waals surface area (Å²) < 4.78 is 53.0. The van der Waals surface area contributed by atoms with Crippen LogP contribution in [-0.2, 0) is 18.0 Å². The largest absolute Gasteiger partial charge is 0.494 e. The molecule has 1 amide bonds. The van der Waals surface area contributed by atoms with Crippen LogP contribution in [-0.4, -0.2) is 40.2 Å².